The highest BCUT2D eigenvalue weighted by Crippen LogP contribution is 2.14. The van der Waals surface area contributed by atoms with Gasteiger partial charge in [0.1, 0.15) is 6.33 Å². The van der Waals surface area contributed by atoms with Gasteiger partial charge in [-0.1, -0.05) is 48.5 Å². The van der Waals surface area contributed by atoms with Gasteiger partial charge in [-0.25, -0.2) is 4.68 Å². The monoisotopic (exact) mass is 398 g/mol. The second-order valence-electron chi connectivity index (χ2n) is 6.53. The molecular formula is C22H18N6O2. The molecule has 0 radical (unpaired) electrons. The summed E-state index contributed by atoms with van der Waals surface area (Å²) in [6, 6.07) is 23.9. The minimum absolute atomic E-state index is 0.375. The largest absolute Gasteiger partial charge is 0.269 e. The molecule has 2 amide bonds. The fourth-order valence-corrected chi connectivity index (χ4v) is 3.01. The van der Waals surface area contributed by atoms with Crippen LogP contribution in [0.3, 0.4) is 0 Å². The van der Waals surface area contributed by atoms with Gasteiger partial charge >= 0.3 is 0 Å². The predicted octanol–water partition coefficient (Wildman–Crippen LogP) is 2.33. The van der Waals surface area contributed by atoms with Crippen LogP contribution in [0.5, 0.6) is 0 Å². The van der Waals surface area contributed by atoms with Crippen LogP contribution in [0.25, 0.3) is 5.69 Å². The first kappa shape index (κ1) is 19.0. The van der Waals surface area contributed by atoms with Crippen LogP contribution >= 0.6 is 0 Å². The van der Waals surface area contributed by atoms with Gasteiger partial charge in [0.25, 0.3) is 11.8 Å². The van der Waals surface area contributed by atoms with Gasteiger partial charge < -0.3 is 0 Å². The molecule has 1 heterocycles. The minimum atomic E-state index is -0.424. The maximum Gasteiger partial charge on any atom is 0.269 e. The Morgan fingerprint density at radius 3 is 2.23 bits per heavy atom. The molecule has 0 fully saturated rings. The van der Waals surface area contributed by atoms with Crippen molar-refractivity contribution >= 4 is 11.8 Å². The number of benzene rings is 3. The Bertz CT molecular complexity index is 1140. The summed E-state index contributed by atoms with van der Waals surface area (Å²) in [6.45, 7) is 0. The smallest absolute Gasteiger partial charge is 0.267 e. The number of hydrogen-bond donors (Lipinski definition) is 2. The number of hydrazine groups is 1. The number of aromatic nitrogens is 4. The standard InChI is InChI=1S/C22H18N6O2/c29-21(17-10-12-19(13-11-17)28-15-23-26-27-28)24-25-22(30)20-9-5-4-8-18(20)14-16-6-2-1-3-7-16/h1-13,15H,14H2,(H,24,29)(H,25,30). The van der Waals surface area contributed by atoms with E-state index >= 15 is 0 Å². The van der Waals surface area contributed by atoms with E-state index in [9.17, 15) is 9.59 Å². The van der Waals surface area contributed by atoms with Gasteiger partial charge in [0.05, 0.1) is 5.69 Å². The molecule has 2 N–H and O–H groups in total. The number of nitrogens with one attached hydrogen (secondary N) is 2. The molecule has 3 aromatic carbocycles. The third kappa shape index (κ3) is 4.39. The number of hydrogen-bond acceptors (Lipinski definition) is 5. The van der Waals surface area contributed by atoms with Gasteiger partial charge in [-0.2, -0.15) is 0 Å². The Labute approximate surface area is 172 Å². The topological polar surface area (TPSA) is 102 Å². The molecule has 0 saturated carbocycles. The lowest BCUT2D eigenvalue weighted by atomic mass is 9.99. The zero-order valence-electron chi connectivity index (χ0n) is 15.9. The number of carbonyl (C=O) groups is 2. The quantitative estimate of drug-likeness (QED) is 0.503. The molecule has 0 atom stereocenters. The van der Waals surface area contributed by atoms with Crippen LogP contribution in [0, 0.1) is 0 Å². The van der Waals surface area contributed by atoms with Crippen molar-refractivity contribution in [2.45, 2.75) is 6.42 Å². The van der Waals surface area contributed by atoms with Crippen LogP contribution in [0.1, 0.15) is 31.8 Å². The van der Waals surface area contributed by atoms with Gasteiger partial charge in [0, 0.05) is 11.1 Å². The van der Waals surface area contributed by atoms with Gasteiger partial charge in [-0.15, -0.1) is 5.10 Å². The average molecular weight is 398 g/mol. The van der Waals surface area contributed by atoms with E-state index in [1.54, 1.807) is 36.4 Å². The van der Waals surface area contributed by atoms with Crippen LogP contribution < -0.4 is 10.9 Å². The number of rotatable bonds is 5. The third-order valence-electron chi connectivity index (χ3n) is 4.53. The molecule has 4 rings (SSSR count). The van der Waals surface area contributed by atoms with Crippen molar-refractivity contribution in [2.75, 3.05) is 0 Å². The number of tetrazole rings is 1. The van der Waals surface area contributed by atoms with E-state index in [0.29, 0.717) is 17.5 Å². The van der Waals surface area contributed by atoms with Crippen LogP contribution in [0.2, 0.25) is 0 Å². The molecule has 0 saturated heterocycles. The molecular weight excluding hydrogens is 380 g/mol. The van der Waals surface area contributed by atoms with Gasteiger partial charge in [0.15, 0.2) is 0 Å². The lowest BCUT2D eigenvalue weighted by Gasteiger charge is -2.11. The molecule has 0 aliphatic carbocycles. The van der Waals surface area contributed by atoms with Crippen LogP contribution in [0.15, 0.2) is 85.2 Å². The first-order valence-corrected chi connectivity index (χ1v) is 9.26. The van der Waals surface area contributed by atoms with E-state index in [-0.39, 0.29) is 5.91 Å². The van der Waals surface area contributed by atoms with E-state index < -0.39 is 5.91 Å². The van der Waals surface area contributed by atoms with E-state index in [1.807, 2.05) is 42.5 Å². The van der Waals surface area contributed by atoms with Gasteiger partial charge in [0.2, 0.25) is 0 Å². The Morgan fingerprint density at radius 1 is 0.800 bits per heavy atom. The van der Waals surface area contributed by atoms with E-state index in [4.69, 9.17) is 0 Å². The first-order valence-electron chi connectivity index (χ1n) is 9.26. The van der Waals surface area contributed by atoms with Crippen molar-refractivity contribution in [2.24, 2.45) is 0 Å². The lowest BCUT2D eigenvalue weighted by Crippen LogP contribution is -2.42. The number of nitrogens with zero attached hydrogens (tertiary/aromatic N) is 4. The molecule has 1 aromatic heterocycles. The summed E-state index contributed by atoms with van der Waals surface area (Å²) in [4.78, 5) is 25.0. The third-order valence-corrected chi connectivity index (χ3v) is 4.53. The van der Waals surface area contributed by atoms with E-state index in [1.165, 1.54) is 11.0 Å². The Hall–Kier alpha value is -4.33. The van der Waals surface area contributed by atoms with Crippen molar-refractivity contribution in [1.29, 1.82) is 0 Å². The first-order chi connectivity index (χ1) is 14.7. The van der Waals surface area contributed by atoms with Crippen LogP contribution in [-0.2, 0) is 6.42 Å². The number of carbonyl (C=O) groups excluding carboxylic acids is 2. The van der Waals surface area contributed by atoms with E-state index in [2.05, 4.69) is 26.4 Å². The molecule has 4 aromatic rings. The molecule has 30 heavy (non-hydrogen) atoms. The molecule has 8 nitrogen and oxygen atoms in total. The summed E-state index contributed by atoms with van der Waals surface area (Å²) in [6.07, 6.45) is 2.08. The number of amides is 2. The lowest BCUT2D eigenvalue weighted by molar-refractivity contribution is 0.0846. The fraction of sp³-hybridized carbons (Fsp3) is 0.0455. The normalized spacial score (nSPS) is 10.4. The maximum atomic E-state index is 12.6. The summed E-state index contributed by atoms with van der Waals surface area (Å²) in [5.41, 5.74) is 8.55. The maximum absolute atomic E-state index is 12.6. The second-order valence-corrected chi connectivity index (χ2v) is 6.53. The van der Waals surface area contributed by atoms with Crippen molar-refractivity contribution in [1.82, 2.24) is 31.1 Å². The summed E-state index contributed by atoms with van der Waals surface area (Å²) < 4.78 is 1.48. The van der Waals surface area contributed by atoms with Crippen molar-refractivity contribution in [3.05, 3.63) is 107 Å². The highest BCUT2D eigenvalue weighted by atomic mass is 16.2. The Kier molecular flexibility index (Phi) is 5.56. The molecule has 8 heteroatoms. The molecule has 0 aliphatic heterocycles. The van der Waals surface area contributed by atoms with E-state index in [0.717, 1.165) is 16.8 Å². The highest BCUT2D eigenvalue weighted by Gasteiger charge is 2.13. The van der Waals surface area contributed by atoms with Gasteiger partial charge in [-0.3, -0.25) is 20.4 Å². The molecule has 0 aliphatic rings. The molecule has 0 bridgehead atoms. The predicted molar refractivity (Wildman–Crippen MR) is 110 cm³/mol. The van der Waals surface area contributed by atoms with Crippen LogP contribution in [0.4, 0.5) is 0 Å². The average Bonchev–Trinajstić information content (AvgIpc) is 3.33. The summed E-state index contributed by atoms with van der Waals surface area (Å²) >= 11 is 0. The Balaban J connectivity index is 1.40. The van der Waals surface area contributed by atoms with Crippen LogP contribution in [-0.4, -0.2) is 32.0 Å². The molecule has 0 unspecified atom stereocenters. The summed E-state index contributed by atoms with van der Waals surface area (Å²) in [5.74, 6) is -0.799. The highest BCUT2D eigenvalue weighted by molar-refractivity contribution is 5.99. The second kappa shape index (κ2) is 8.78. The van der Waals surface area contributed by atoms with Crippen molar-refractivity contribution in [3.63, 3.8) is 0 Å². The molecule has 148 valence electrons. The fourth-order valence-electron chi connectivity index (χ4n) is 3.01. The summed E-state index contributed by atoms with van der Waals surface area (Å²) in [5, 5.41) is 10.9. The zero-order chi connectivity index (χ0) is 20.8. The van der Waals surface area contributed by atoms with Crippen molar-refractivity contribution in [3.8, 4) is 5.69 Å². The minimum Gasteiger partial charge on any atom is -0.267 e. The van der Waals surface area contributed by atoms with Gasteiger partial charge in [-0.05, 0) is 58.3 Å². The zero-order valence-corrected chi connectivity index (χ0v) is 15.9. The SMILES string of the molecule is O=C(NNC(=O)c1ccccc1Cc1ccccc1)c1ccc(-n2cnnn2)cc1. The van der Waals surface area contributed by atoms with Crippen molar-refractivity contribution < 1.29 is 9.59 Å². The molecule has 0 spiro atoms. The Morgan fingerprint density at radius 2 is 1.50 bits per heavy atom. The summed E-state index contributed by atoms with van der Waals surface area (Å²) in [7, 11) is 0.